The minimum atomic E-state index is -0.240. The SMILES string of the molecule is CC1(C)OB(C2=CCC[N-]C2)OC1(C)C.[Y]. The van der Waals surface area contributed by atoms with Crippen molar-refractivity contribution in [2.45, 2.75) is 45.3 Å². The zero-order valence-electron chi connectivity index (χ0n) is 10.6. The predicted octanol–water partition coefficient (Wildman–Crippen LogP) is 2.32. The van der Waals surface area contributed by atoms with E-state index in [4.69, 9.17) is 9.31 Å². The molecule has 0 aromatic carbocycles. The fourth-order valence-electron chi connectivity index (χ4n) is 1.78. The summed E-state index contributed by atoms with van der Waals surface area (Å²) in [4.78, 5) is 0. The van der Waals surface area contributed by atoms with Crippen molar-refractivity contribution in [1.29, 1.82) is 0 Å². The second kappa shape index (κ2) is 5.19. The molecule has 16 heavy (non-hydrogen) atoms. The molecule has 0 aromatic rings. The van der Waals surface area contributed by atoms with Crippen LogP contribution in [-0.2, 0) is 42.0 Å². The van der Waals surface area contributed by atoms with Crippen molar-refractivity contribution in [3.63, 3.8) is 0 Å². The van der Waals surface area contributed by atoms with Crippen LogP contribution in [0.2, 0.25) is 0 Å². The number of hydrogen-bond donors (Lipinski definition) is 0. The molecule has 0 saturated carbocycles. The van der Waals surface area contributed by atoms with Crippen molar-refractivity contribution in [3.05, 3.63) is 16.9 Å². The Morgan fingerprint density at radius 2 is 1.75 bits per heavy atom. The first kappa shape index (κ1) is 14.8. The minimum Gasteiger partial charge on any atom is -0.659 e. The molecule has 3 nitrogen and oxygen atoms in total. The van der Waals surface area contributed by atoms with E-state index in [1.807, 2.05) is 0 Å². The van der Waals surface area contributed by atoms with Crippen LogP contribution in [-0.4, -0.2) is 31.4 Å². The first-order valence-electron chi connectivity index (χ1n) is 5.60. The van der Waals surface area contributed by atoms with E-state index >= 15 is 0 Å². The molecule has 5 heteroatoms. The van der Waals surface area contributed by atoms with Crippen LogP contribution in [0.25, 0.3) is 5.32 Å². The minimum absolute atomic E-state index is 0. The molecule has 2 heterocycles. The van der Waals surface area contributed by atoms with Gasteiger partial charge < -0.3 is 14.6 Å². The maximum atomic E-state index is 5.95. The predicted molar refractivity (Wildman–Crippen MR) is 61.9 cm³/mol. The molecule has 0 atom stereocenters. The molecule has 0 aliphatic carbocycles. The van der Waals surface area contributed by atoms with Crippen LogP contribution in [0.3, 0.4) is 0 Å². The first-order chi connectivity index (χ1) is 6.92. The standard InChI is InChI=1S/C11H19BNO2.Y/c1-10(2)11(3,4)15-12(14-10)9-6-5-7-13-8-9;/h6H,5,7-8H2,1-4H3;/q-1;. The molecule has 1 fully saturated rings. The Morgan fingerprint density at radius 3 is 2.19 bits per heavy atom. The van der Waals surface area contributed by atoms with Gasteiger partial charge in [0, 0.05) is 32.7 Å². The Balaban J connectivity index is 0.00000128. The third-order valence-electron chi connectivity index (χ3n) is 3.54. The van der Waals surface area contributed by atoms with E-state index in [0.29, 0.717) is 0 Å². The molecule has 2 aliphatic rings. The van der Waals surface area contributed by atoms with E-state index in [2.05, 4.69) is 39.1 Å². The number of rotatable bonds is 1. The second-order valence-electron chi connectivity index (χ2n) is 5.26. The number of nitrogens with zero attached hydrogens (tertiary/aromatic N) is 1. The third kappa shape index (κ3) is 2.78. The second-order valence-corrected chi connectivity index (χ2v) is 5.26. The first-order valence-corrected chi connectivity index (χ1v) is 5.60. The summed E-state index contributed by atoms with van der Waals surface area (Å²) in [6, 6.07) is 0. The third-order valence-corrected chi connectivity index (χ3v) is 3.54. The van der Waals surface area contributed by atoms with Gasteiger partial charge in [-0.25, -0.2) is 0 Å². The van der Waals surface area contributed by atoms with Crippen molar-refractivity contribution < 1.29 is 42.0 Å². The van der Waals surface area contributed by atoms with Crippen LogP contribution in [0.1, 0.15) is 34.1 Å². The van der Waals surface area contributed by atoms with Crippen LogP contribution in [0, 0.1) is 0 Å². The van der Waals surface area contributed by atoms with Gasteiger partial charge in [-0.3, -0.25) is 0 Å². The van der Waals surface area contributed by atoms with E-state index in [1.165, 1.54) is 5.47 Å². The number of hydrogen-bond acceptors (Lipinski definition) is 2. The van der Waals surface area contributed by atoms with Crippen molar-refractivity contribution in [2.75, 3.05) is 13.1 Å². The van der Waals surface area contributed by atoms with Crippen molar-refractivity contribution >= 4 is 7.12 Å². The molecule has 1 radical (unpaired) electrons. The summed E-state index contributed by atoms with van der Waals surface area (Å²) < 4.78 is 11.9. The Labute approximate surface area is 124 Å². The van der Waals surface area contributed by atoms with E-state index < -0.39 is 0 Å². The van der Waals surface area contributed by atoms with Crippen LogP contribution in [0.5, 0.6) is 0 Å². The summed E-state index contributed by atoms with van der Waals surface area (Å²) >= 11 is 0. The van der Waals surface area contributed by atoms with E-state index in [-0.39, 0.29) is 51.0 Å². The zero-order chi connectivity index (χ0) is 11.1. The van der Waals surface area contributed by atoms with Gasteiger partial charge >= 0.3 is 7.12 Å². The Morgan fingerprint density at radius 1 is 1.19 bits per heavy atom. The summed E-state index contributed by atoms with van der Waals surface area (Å²) in [6.45, 7) is 10.0. The monoisotopic (exact) mass is 297 g/mol. The van der Waals surface area contributed by atoms with Gasteiger partial charge in [-0.2, -0.15) is 0 Å². The molecular weight excluding hydrogens is 278 g/mol. The van der Waals surface area contributed by atoms with Gasteiger partial charge in [-0.05, 0) is 27.7 Å². The van der Waals surface area contributed by atoms with Gasteiger partial charge in [-0.1, -0.05) is 18.0 Å². The summed E-state index contributed by atoms with van der Waals surface area (Å²) in [6.07, 6.45) is 3.22. The van der Waals surface area contributed by atoms with E-state index in [0.717, 1.165) is 19.5 Å². The van der Waals surface area contributed by atoms with E-state index in [1.54, 1.807) is 0 Å². The average molecular weight is 297 g/mol. The largest absolute Gasteiger partial charge is 0.659 e. The Hall–Kier alpha value is 0.789. The van der Waals surface area contributed by atoms with Crippen LogP contribution >= 0.6 is 0 Å². The van der Waals surface area contributed by atoms with Crippen LogP contribution in [0.15, 0.2) is 11.5 Å². The van der Waals surface area contributed by atoms with Crippen LogP contribution in [0.4, 0.5) is 0 Å². The van der Waals surface area contributed by atoms with Crippen molar-refractivity contribution in [1.82, 2.24) is 0 Å². The molecular formula is C11H19BNO2Y-. The van der Waals surface area contributed by atoms with Gasteiger partial charge in [0.15, 0.2) is 0 Å². The molecule has 0 spiro atoms. The molecule has 1 saturated heterocycles. The summed E-state index contributed by atoms with van der Waals surface area (Å²) in [7, 11) is -0.195. The molecule has 2 rings (SSSR count). The van der Waals surface area contributed by atoms with Gasteiger partial charge in [0.05, 0.1) is 11.2 Å². The fourth-order valence-corrected chi connectivity index (χ4v) is 1.78. The van der Waals surface area contributed by atoms with Gasteiger partial charge in [0.1, 0.15) is 0 Å². The Kier molecular flexibility index (Phi) is 4.82. The molecule has 0 bridgehead atoms. The smallest absolute Gasteiger partial charge is 0.488 e. The van der Waals surface area contributed by atoms with Crippen molar-refractivity contribution in [2.24, 2.45) is 0 Å². The van der Waals surface area contributed by atoms with Crippen LogP contribution < -0.4 is 0 Å². The quantitative estimate of drug-likeness (QED) is 0.696. The molecule has 2 aliphatic heterocycles. The normalized spacial score (nSPS) is 27.2. The molecule has 0 aromatic heterocycles. The van der Waals surface area contributed by atoms with Gasteiger partial charge in [0.25, 0.3) is 0 Å². The topological polar surface area (TPSA) is 32.6 Å². The summed E-state index contributed by atoms with van der Waals surface area (Å²) in [5.74, 6) is 0. The Bertz CT molecular complexity index is 276. The fraction of sp³-hybridized carbons (Fsp3) is 0.818. The average Bonchev–Trinajstić information content (AvgIpc) is 2.38. The summed E-state index contributed by atoms with van der Waals surface area (Å²) in [5.41, 5.74) is 0.700. The van der Waals surface area contributed by atoms with Crippen molar-refractivity contribution in [3.8, 4) is 0 Å². The maximum Gasteiger partial charge on any atom is 0.488 e. The van der Waals surface area contributed by atoms with Gasteiger partial charge in [0.2, 0.25) is 0 Å². The van der Waals surface area contributed by atoms with E-state index in [9.17, 15) is 0 Å². The summed E-state index contributed by atoms with van der Waals surface area (Å²) in [5, 5.41) is 4.37. The molecule has 0 unspecified atom stereocenters. The zero-order valence-corrected chi connectivity index (χ0v) is 13.5. The van der Waals surface area contributed by atoms with Gasteiger partial charge in [-0.15, -0.1) is 13.1 Å². The molecule has 0 amide bonds. The maximum absolute atomic E-state index is 5.95. The molecule has 0 N–H and O–H groups in total. The molecule has 87 valence electrons.